The number of benzene rings is 1. The van der Waals surface area contributed by atoms with Crippen LogP contribution in [0, 0.1) is 6.92 Å². The minimum atomic E-state index is 0.0874. The average Bonchev–Trinajstić information content (AvgIpc) is 2.90. The third-order valence-electron chi connectivity index (χ3n) is 3.81. The molecule has 1 aromatic carbocycles. The summed E-state index contributed by atoms with van der Waals surface area (Å²) in [4.78, 5) is 4.50. The molecule has 0 saturated carbocycles. The summed E-state index contributed by atoms with van der Waals surface area (Å²) in [7, 11) is 0. The van der Waals surface area contributed by atoms with Gasteiger partial charge in [0.05, 0.1) is 6.04 Å². The molecule has 0 spiro atoms. The summed E-state index contributed by atoms with van der Waals surface area (Å²) in [6.45, 7) is 8.58. The lowest BCUT2D eigenvalue weighted by molar-refractivity contribution is 0.440. The van der Waals surface area contributed by atoms with Gasteiger partial charge in [-0.15, -0.1) is 0 Å². The van der Waals surface area contributed by atoms with Gasteiger partial charge >= 0.3 is 0 Å². The quantitative estimate of drug-likeness (QED) is 0.902. The van der Waals surface area contributed by atoms with Gasteiger partial charge in [-0.3, -0.25) is 0 Å². The normalized spacial score (nSPS) is 14.5. The van der Waals surface area contributed by atoms with Crippen molar-refractivity contribution in [1.29, 1.82) is 0 Å². The molecule has 20 heavy (non-hydrogen) atoms. The van der Waals surface area contributed by atoms with Gasteiger partial charge in [0, 0.05) is 24.4 Å². The number of nitrogens with two attached hydrogens (primary N) is 1. The maximum absolute atomic E-state index is 6.40. The number of imidazole rings is 1. The van der Waals surface area contributed by atoms with Gasteiger partial charge < -0.3 is 10.3 Å². The molecule has 0 amide bonds. The Labute approximate surface area is 121 Å². The van der Waals surface area contributed by atoms with E-state index in [0.717, 1.165) is 12.2 Å². The van der Waals surface area contributed by atoms with Crippen LogP contribution in [0.25, 0.3) is 0 Å². The minimum Gasteiger partial charge on any atom is -0.326 e. The Hall–Kier alpha value is -1.61. The smallest absolute Gasteiger partial charge is 0.111 e. The van der Waals surface area contributed by atoms with Crippen LogP contribution in [0.1, 0.15) is 56.1 Å². The second-order valence-electron chi connectivity index (χ2n) is 5.78. The molecule has 0 radical (unpaired) electrons. The van der Waals surface area contributed by atoms with E-state index in [1.807, 2.05) is 6.20 Å². The molecular formula is C17H25N3. The fourth-order valence-corrected chi connectivity index (χ4v) is 2.61. The van der Waals surface area contributed by atoms with Gasteiger partial charge in [-0.25, -0.2) is 4.98 Å². The zero-order chi connectivity index (χ0) is 14.7. The molecule has 1 heterocycles. The molecule has 2 unspecified atom stereocenters. The monoisotopic (exact) mass is 271 g/mol. The predicted octanol–water partition coefficient (Wildman–Crippen LogP) is 3.64. The van der Waals surface area contributed by atoms with Gasteiger partial charge in [-0.1, -0.05) is 50.6 Å². The molecule has 0 aliphatic heterocycles. The Morgan fingerprint density at radius 3 is 2.40 bits per heavy atom. The first-order valence-corrected chi connectivity index (χ1v) is 7.39. The average molecular weight is 271 g/mol. The first-order chi connectivity index (χ1) is 9.54. The number of aromatic nitrogens is 2. The Morgan fingerprint density at radius 1 is 1.20 bits per heavy atom. The molecule has 1 aromatic heterocycles. The first-order valence-electron chi connectivity index (χ1n) is 7.39. The molecule has 2 aromatic rings. The van der Waals surface area contributed by atoms with Gasteiger partial charge in [0.2, 0.25) is 0 Å². The molecular weight excluding hydrogens is 246 g/mol. The van der Waals surface area contributed by atoms with Crippen molar-refractivity contribution in [3.8, 4) is 0 Å². The number of nitrogens with zero attached hydrogens (tertiary/aromatic N) is 2. The summed E-state index contributed by atoms with van der Waals surface area (Å²) in [5.41, 5.74) is 8.92. The fraction of sp³-hybridized carbons (Fsp3) is 0.471. The predicted molar refractivity (Wildman–Crippen MR) is 83.9 cm³/mol. The molecule has 0 aliphatic carbocycles. The highest BCUT2D eigenvalue weighted by atomic mass is 15.1. The molecule has 3 nitrogen and oxygen atoms in total. The van der Waals surface area contributed by atoms with Crippen molar-refractivity contribution in [2.45, 2.75) is 52.1 Å². The van der Waals surface area contributed by atoms with Gasteiger partial charge in [0.25, 0.3) is 0 Å². The maximum atomic E-state index is 6.40. The summed E-state index contributed by atoms with van der Waals surface area (Å²) < 4.78 is 2.24. The second kappa shape index (κ2) is 6.23. The summed E-state index contributed by atoms with van der Waals surface area (Å²) >= 11 is 0. The Morgan fingerprint density at radius 2 is 1.85 bits per heavy atom. The lowest BCUT2D eigenvalue weighted by Gasteiger charge is -2.27. The van der Waals surface area contributed by atoms with Crippen molar-refractivity contribution in [2.24, 2.45) is 5.73 Å². The summed E-state index contributed by atoms with van der Waals surface area (Å²) in [6, 6.07) is 8.90. The molecule has 3 heteroatoms. The van der Waals surface area contributed by atoms with E-state index < -0.39 is 0 Å². The highest BCUT2D eigenvalue weighted by Crippen LogP contribution is 2.27. The molecule has 108 valence electrons. The van der Waals surface area contributed by atoms with E-state index in [-0.39, 0.29) is 12.1 Å². The van der Waals surface area contributed by atoms with E-state index in [9.17, 15) is 0 Å². The van der Waals surface area contributed by atoms with Crippen molar-refractivity contribution < 1.29 is 0 Å². The van der Waals surface area contributed by atoms with Gasteiger partial charge in [0.15, 0.2) is 0 Å². The van der Waals surface area contributed by atoms with Crippen LogP contribution in [0.4, 0.5) is 0 Å². The van der Waals surface area contributed by atoms with Gasteiger partial charge in [-0.2, -0.15) is 0 Å². The molecule has 0 saturated heterocycles. The van der Waals surface area contributed by atoms with Crippen LogP contribution in [-0.2, 0) is 0 Å². The van der Waals surface area contributed by atoms with Crippen LogP contribution >= 0.6 is 0 Å². The summed E-state index contributed by atoms with van der Waals surface area (Å²) in [5.74, 6) is 1.49. The zero-order valence-electron chi connectivity index (χ0n) is 12.9. The van der Waals surface area contributed by atoms with Crippen LogP contribution in [0.2, 0.25) is 0 Å². The fourth-order valence-electron chi connectivity index (χ4n) is 2.61. The zero-order valence-corrected chi connectivity index (χ0v) is 12.9. The van der Waals surface area contributed by atoms with Crippen LogP contribution in [-0.4, -0.2) is 15.6 Å². The summed E-state index contributed by atoms with van der Waals surface area (Å²) in [6.07, 6.45) is 4.86. The number of hydrogen-bond donors (Lipinski definition) is 1. The van der Waals surface area contributed by atoms with E-state index >= 15 is 0 Å². The molecule has 2 atom stereocenters. The largest absolute Gasteiger partial charge is 0.326 e. The number of aryl methyl sites for hydroxylation is 1. The number of hydrogen-bond acceptors (Lipinski definition) is 2. The molecule has 2 rings (SSSR count). The number of rotatable bonds is 5. The van der Waals surface area contributed by atoms with Gasteiger partial charge in [-0.05, 0) is 18.9 Å². The molecule has 2 N–H and O–H groups in total. The lowest BCUT2D eigenvalue weighted by Crippen LogP contribution is -2.33. The molecule has 0 aliphatic rings. The van der Waals surface area contributed by atoms with Crippen molar-refractivity contribution in [1.82, 2.24) is 9.55 Å². The van der Waals surface area contributed by atoms with Crippen LogP contribution in [0.3, 0.4) is 0 Å². The van der Waals surface area contributed by atoms with E-state index in [1.54, 1.807) is 0 Å². The molecule has 0 bridgehead atoms. The lowest BCUT2D eigenvalue weighted by atomic mass is 9.96. The highest BCUT2D eigenvalue weighted by Gasteiger charge is 2.23. The molecule has 0 fully saturated rings. The van der Waals surface area contributed by atoms with Crippen molar-refractivity contribution in [3.63, 3.8) is 0 Å². The van der Waals surface area contributed by atoms with Gasteiger partial charge in [0.1, 0.15) is 5.82 Å². The SMILES string of the molecule is CCC(N)C(c1ccc(C)cc1)n1ccnc1C(C)C. The highest BCUT2D eigenvalue weighted by molar-refractivity contribution is 5.27. The van der Waals surface area contributed by atoms with E-state index in [0.29, 0.717) is 5.92 Å². The Balaban J connectivity index is 2.47. The van der Waals surface area contributed by atoms with Crippen LogP contribution in [0.15, 0.2) is 36.7 Å². The first kappa shape index (κ1) is 14.8. The van der Waals surface area contributed by atoms with Crippen molar-refractivity contribution >= 4 is 0 Å². The minimum absolute atomic E-state index is 0.0874. The van der Waals surface area contributed by atoms with Crippen LogP contribution in [0.5, 0.6) is 0 Å². The summed E-state index contributed by atoms with van der Waals surface area (Å²) in [5, 5.41) is 0. The standard InChI is InChI=1S/C17H25N3/c1-5-15(18)16(14-8-6-13(4)7-9-14)20-11-10-19-17(20)12(2)3/h6-12,15-16H,5,18H2,1-4H3. The van der Waals surface area contributed by atoms with E-state index in [4.69, 9.17) is 5.73 Å². The maximum Gasteiger partial charge on any atom is 0.111 e. The second-order valence-corrected chi connectivity index (χ2v) is 5.78. The van der Waals surface area contributed by atoms with Crippen molar-refractivity contribution in [2.75, 3.05) is 0 Å². The Bertz CT molecular complexity index is 540. The van der Waals surface area contributed by atoms with E-state index in [2.05, 4.69) is 67.7 Å². The Kier molecular flexibility index (Phi) is 4.61. The van der Waals surface area contributed by atoms with E-state index in [1.165, 1.54) is 11.1 Å². The van der Waals surface area contributed by atoms with Crippen molar-refractivity contribution in [3.05, 3.63) is 53.6 Å². The van der Waals surface area contributed by atoms with Crippen LogP contribution < -0.4 is 5.73 Å². The third kappa shape index (κ3) is 2.93. The third-order valence-corrected chi connectivity index (χ3v) is 3.81. The topological polar surface area (TPSA) is 43.8 Å².